The van der Waals surface area contributed by atoms with Crippen molar-refractivity contribution in [1.82, 2.24) is 148 Å². The smallest absolute Gasteiger partial charge is 0.167 e. The number of rotatable bonds is 12. The number of furan rings is 1. The molecule has 18 aromatic rings. The summed E-state index contributed by atoms with van der Waals surface area (Å²) in [5, 5.41) is 60.3. The molecule has 6 aliphatic rings. The van der Waals surface area contributed by atoms with E-state index in [1.807, 2.05) is 94.3 Å². The first-order valence-electron chi connectivity index (χ1n) is 45.0. The monoisotopic (exact) mass is 2240 g/mol. The lowest BCUT2D eigenvalue weighted by molar-refractivity contribution is 0.453. The Kier molecular flexibility index (Phi) is 28.4. The maximum Gasteiger partial charge on any atom is 0.167 e. The highest BCUT2D eigenvalue weighted by molar-refractivity contribution is 9.11. The third kappa shape index (κ3) is 19.1. The molecule has 0 radical (unpaired) electrons. The molecule has 0 saturated carbocycles. The molecule has 706 valence electrons. The van der Waals surface area contributed by atoms with Crippen LogP contribution in [-0.4, -0.2) is 206 Å². The zero-order valence-corrected chi connectivity index (χ0v) is 85.0. The Morgan fingerprint density at radius 2 is 0.684 bits per heavy atom. The number of aromatic nitrogens is 25. The van der Waals surface area contributed by atoms with E-state index in [-0.39, 0.29) is 6.04 Å². The average Bonchev–Trinajstić information content (AvgIpc) is 1.58. The molecule has 5 unspecified atom stereocenters. The molecule has 6 atom stereocenters. The van der Waals surface area contributed by atoms with Gasteiger partial charge in [-0.05, 0) is 233 Å². The van der Waals surface area contributed by atoms with E-state index in [4.69, 9.17) is 74.5 Å². The fourth-order valence-electron chi connectivity index (χ4n) is 18.3. The minimum Gasteiger partial charge on any atom is -0.472 e. The normalized spacial score (nSPS) is 18.6. The Morgan fingerprint density at radius 1 is 0.360 bits per heavy atom. The highest BCUT2D eigenvalue weighted by atomic mass is 79.9. The molecule has 46 heteroatoms. The number of fused-ring (bicyclic) bond motifs is 6. The van der Waals surface area contributed by atoms with E-state index in [1.54, 1.807) is 102 Å². The van der Waals surface area contributed by atoms with Gasteiger partial charge in [0.2, 0.25) is 0 Å². The molecule has 0 aromatic carbocycles. The largest absolute Gasteiger partial charge is 0.472 e. The Morgan fingerprint density at radius 3 is 0.956 bits per heavy atom. The van der Waals surface area contributed by atoms with Crippen LogP contribution < -0.4 is 71.6 Å². The summed E-state index contributed by atoms with van der Waals surface area (Å²) in [5.74, 6) is 6.15. The predicted molar refractivity (Wildman–Crippen MR) is 550 cm³/mol. The number of piperidine rings is 5. The zero-order chi connectivity index (χ0) is 94.1. The summed E-state index contributed by atoms with van der Waals surface area (Å²) in [4.78, 5) is 35.6. The minimum absolute atomic E-state index is 0.187. The van der Waals surface area contributed by atoms with Gasteiger partial charge in [0, 0.05) is 195 Å². The van der Waals surface area contributed by atoms with Gasteiger partial charge in [-0.1, -0.05) is 6.07 Å². The van der Waals surface area contributed by atoms with Gasteiger partial charge in [-0.15, -0.1) is 0 Å². The number of anilines is 7. The number of halogens is 6. The van der Waals surface area contributed by atoms with Crippen molar-refractivity contribution in [2.45, 2.75) is 106 Å². The molecule has 0 spiro atoms. The number of aryl methyl sites for hydroxylation is 3. The van der Waals surface area contributed by atoms with Gasteiger partial charge in [-0.3, -0.25) is 19.0 Å². The van der Waals surface area contributed by atoms with Crippen LogP contribution in [-0.2, 0) is 21.1 Å². The first-order chi connectivity index (χ1) is 66.1. The molecule has 136 heavy (non-hydrogen) atoms. The summed E-state index contributed by atoms with van der Waals surface area (Å²) >= 11 is 23.3. The summed E-state index contributed by atoms with van der Waals surface area (Å²) < 4.78 is 25.6. The summed E-state index contributed by atoms with van der Waals surface area (Å²) in [5.41, 5.74) is 65.1. The third-order valence-corrected chi connectivity index (χ3v) is 31.0. The van der Waals surface area contributed by atoms with Gasteiger partial charge in [0.1, 0.15) is 45.2 Å². The summed E-state index contributed by atoms with van der Waals surface area (Å²) in [6, 6.07) is 8.07. The molecular formula is C90H102Br6N38OS. The fraction of sp³-hybridized carbons (Fsp3) is 0.356. The maximum atomic E-state index is 6.29. The zero-order valence-electron chi connectivity index (χ0n) is 74.7. The second kappa shape index (κ2) is 41.2. The molecule has 0 amide bonds. The van der Waals surface area contributed by atoms with E-state index in [0.29, 0.717) is 64.5 Å². The van der Waals surface area contributed by atoms with Crippen LogP contribution in [0.25, 0.3) is 101 Å². The van der Waals surface area contributed by atoms with Gasteiger partial charge in [-0.25, -0.2) is 29.9 Å². The first-order valence-corrected chi connectivity index (χ1v) is 50.7. The van der Waals surface area contributed by atoms with Crippen molar-refractivity contribution in [2.75, 3.05) is 118 Å². The molecule has 6 saturated heterocycles. The van der Waals surface area contributed by atoms with Gasteiger partial charge < -0.3 is 76.0 Å². The SMILES string of the molecule is Cn1cc(-c2cnn3c(N)c(Br)c(C4CCCNC4)nc23)cn1.Cn1cc(-c2cnn3c(N)c(Br)c(C4CCCNC4)nc23)cn1.Cn1cc(-c2cnn3c(N)c(Br)c(C4CCCNC4)nc23)cn1.Nc1c(Br)c(C2CCCNC2)nc2c(-c3cccnc3)cnn12.Nc1c(Br)c(C2CCCNC2)nc2c(-c3ccoc3)cnn12.Nc1c(Br)c(N2CC[C@H](N)C2)nc2c(-c3ccsc3)cnn12. The maximum absolute atomic E-state index is 6.29. The fourth-order valence-corrected chi connectivity index (χ4v) is 22.3. The number of hydrogen-bond acceptors (Lipinski definition) is 31. The van der Waals surface area contributed by atoms with E-state index < -0.39 is 0 Å². The van der Waals surface area contributed by atoms with Crippen molar-refractivity contribution < 1.29 is 4.42 Å². The molecule has 24 heterocycles. The van der Waals surface area contributed by atoms with Crippen LogP contribution in [0.2, 0.25) is 0 Å². The van der Waals surface area contributed by atoms with Crippen molar-refractivity contribution >= 4 is 182 Å². The number of nitrogen functional groups attached to an aromatic ring is 6. The van der Waals surface area contributed by atoms with Crippen molar-refractivity contribution in [3.05, 3.63) is 190 Å². The Hall–Kier alpha value is -11.3. The molecule has 0 bridgehead atoms. The lowest BCUT2D eigenvalue weighted by Gasteiger charge is -2.23. The summed E-state index contributed by atoms with van der Waals surface area (Å²) in [6.45, 7) is 11.7. The minimum atomic E-state index is 0.187. The summed E-state index contributed by atoms with van der Waals surface area (Å²) in [6.07, 6.45) is 41.3. The number of nitrogens with zero attached hydrogens (tertiary/aromatic N) is 26. The highest BCUT2D eigenvalue weighted by Crippen LogP contribution is 2.43. The number of pyridine rings is 1. The van der Waals surface area contributed by atoms with Crippen LogP contribution >= 0.6 is 107 Å². The lowest BCUT2D eigenvalue weighted by Crippen LogP contribution is -2.29. The van der Waals surface area contributed by atoms with E-state index in [9.17, 15) is 0 Å². The summed E-state index contributed by atoms with van der Waals surface area (Å²) in [7, 11) is 5.69. The van der Waals surface area contributed by atoms with Crippen molar-refractivity contribution in [3.63, 3.8) is 0 Å². The van der Waals surface area contributed by atoms with Crippen molar-refractivity contribution in [3.8, 4) is 66.8 Å². The molecule has 39 nitrogen and oxygen atoms in total. The van der Waals surface area contributed by atoms with Crippen molar-refractivity contribution in [2.24, 2.45) is 26.9 Å². The Balaban J connectivity index is 0.000000105. The van der Waals surface area contributed by atoms with E-state index in [0.717, 1.165) is 311 Å². The van der Waals surface area contributed by atoms with Crippen LogP contribution in [0.3, 0.4) is 0 Å². The van der Waals surface area contributed by atoms with Crippen LogP contribution in [0.1, 0.15) is 129 Å². The molecule has 19 N–H and O–H groups in total. The van der Waals surface area contributed by atoms with Gasteiger partial charge >= 0.3 is 0 Å². The number of thiophene rings is 1. The van der Waals surface area contributed by atoms with Gasteiger partial charge in [0.15, 0.2) is 33.9 Å². The molecule has 18 aromatic heterocycles. The van der Waals surface area contributed by atoms with Crippen LogP contribution in [0.15, 0.2) is 166 Å². The van der Waals surface area contributed by atoms with Crippen molar-refractivity contribution in [1.29, 1.82) is 0 Å². The van der Waals surface area contributed by atoms with Gasteiger partial charge in [0.25, 0.3) is 0 Å². The van der Waals surface area contributed by atoms with Crippen LogP contribution in [0.5, 0.6) is 0 Å². The predicted octanol–water partition coefficient (Wildman–Crippen LogP) is 13.6. The molecule has 6 fully saturated rings. The Labute approximate surface area is 834 Å². The van der Waals surface area contributed by atoms with Crippen LogP contribution in [0, 0.1) is 0 Å². The quantitative estimate of drug-likeness (QED) is 0.0540. The van der Waals surface area contributed by atoms with Gasteiger partial charge in [0.05, 0.1) is 119 Å². The van der Waals surface area contributed by atoms with E-state index >= 15 is 0 Å². The first kappa shape index (κ1) is 93.7. The van der Waals surface area contributed by atoms with Crippen LogP contribution in [0.4, 0.5) is 40.7 Å². The standard InChI is InChI=1S/C16H17BrN6.3C15H18BrN7.C15H16BrN5O.C14H15BrN6S/c17-13-14(11-4-2-6-20-8-11)22-16-12(9-21-23(16)15(13)18)10-3-1-5-19-7-10;3*1-22-8-10(6-19-22)11-7-20-23-14(17)12(16)13(21-15(11)23)9-3-2-4-18-5-9;16-12-13(9-2-1-4-18-6-9)20-15-11(10-3-5-22-8-10)7-19-21(15)14(12)17;15-11-12(17)21-13(10(5-18-21)8-2-4-22-7-8)19-14(11)20-3-1-9(16)6-20/h1,3,5,7,9,11,20H,2,4,6,8,18H2;3*6-9,18H,2-5,17H2,1H3;3,5,7-9,18H,1-2,4,6,17H2;2,4-5,7,9H,1,3,6,16-17H2/t;;;;;9-/m.....0/s1. The number of nitrogens with one attached hydrogen (secondary N) is 5. The number of hydrogen-bond donors (Lipinski definition) is 12. The third-order valence-electron chi connectivity index (χ3n) is 25.5. The molecule has 6 aliphatic heterocycles. The Bertz CT molecular complexity index is 6800. The van der Waals surface area contributed by atoms with E-state index in [1.165, 1.54) is 0 Å². The lowest BCUT2D eigenvalue weighted by atomic mass is 9.96. The van der Waals surface area contributed by atoms with Gasteiger partial charge in [-0.2, -0.15) is 84.3 Å². The van der Waals surface area contributed by atoms with E-state index in [2.05, 4.69) is 189 Å². The second-order valence-electron chi connectivity index (χ2n) is 34.6. The molecular weight excluding hydrogens is 2140 g/mol. The molecule has 0 aliphatic carbocycles. The average molecular weight is 2240 g/mol. The second-order valence-corrected chi connectivity index (χ2v) is 40.1. The topological polar surface area (TPSA) is 506 Å². The number of nitrogens with two attached hydrogens (primary N) is 7. The molecule has 24 rings (SSSR count). The highest BCUT2D eigenvalue weighted by Gasteiger charge is 2.33.